The summed E-state index contributed by atoms with van der Waals surface area (Å²) in [5.74, 6) is -0.652. The molecule has 1 heterocycles. The molecule has 1 amide bonds. The molecule has 20 heavy (non-hydrogen) atoms. The molecule has 1 aromatic heterocycles. The number of amides is 1. The van der Waals surface area contributed by atoms with Crippen LogP contribution in [0.1, 0.15) is 18.5 Å². The van der Waals surface area contributed by atoms with Crippen molar-refractivity contribution in [1.82, 2.24) is 0 Å². The highest BCUT2D eigenvalue weighted by Crippen LogP contribution is 2.22. The van der Waals surface area contributed by atoms with Crippen LogP contribution in [0, 0.1) is 12.7 Å². The van der Waals surface area contributed by atoms with Crippen LogP contribution in [-0.2, 0) is 4.79 Å². The maximum Gasteiger partial charge on any atom is 0.293 e. The fourth-order valence-electron chi connectivity index (χ4n) is 1.73. The smallest absolute Gasteiger partial charge is 0.293 e. The molecule has 2 aromatic rings. The van der Waals surface area contributed by atoms with Gasteiger partial charge in [-0.05, 0) is 30.7 Å². The zero-order chi connectivity index (χ0) is 14.7. The summed E-state index contributed by atoms with van der Waals surface area (Å²) in [6.07, 6.45) is 3.68. The van der Waals surface area contributed by atoms with Gasteiger partial charge in [-0.3, -0.25) is 4.79 Å². The van der Waals surface area contributed by atoms with E-state index in [1.807, 2.05) is 31.5 Å². The van der Waals surface area contributed by atoms with Crippen LogP contribution >= 0.6 is 11.6 Å². The molecule has 1 atom stereocenters. The number of hydrogen-bond donors (Lipinski definition) is 1. The maximum atomic E-state index is 12.9. The summed E-state index contributed by atoms with van der Waals surface area (Å²) in [6.45, 7) is 3.76. The Morgan fingerprint density at radius 3 is 2.55 bits per heavy atom. The summed E-state index contributed by atoms with van der Waals surface area (Å²) in [4.78, 5) is 12.2. The molecule has 2 rings (SSSR count). The summed E-state index contributed by atoms with van der Waals surface area (Å²) in [5.41, 5.74) is 1.52. The predicted molar refractivity (Wildman–Crippen MR) is 76.1 cm³/mol. The number of halogens is 2. The van der Waals surface area contributed by atoms with Gasteiger partial charge in [0.15, 0.2) is 12.4 Å². The van der Waals surface area contributed by atoms with Crippen molar-refractivity contribution in [3.05, 3.63) is 59.1 Å². The number of hydrogen-bond acceptors (Lipinski definition) is 1. The fourth-order valence-corrected chi connectivity index (χ4v) is 1.95. The van der Waals surface area contributed by atoms with Crippen LogP contribution in [-0.4, -0.2) is 5.91 Å². The lowest BCUT2D eigenvalue weighted by molar-refractivity contribution is -0.705. The largest absolute Gasteiger partial charge is 0.319 e. The topological polar surface area (TPSA) is 33.0 Å². The number of aryl methyl sites for hydroxylation is 1. The fraction of sp³-hybridized carbons (Fsp3) is 0.200. The Kier molecular flexibility index (Phi) is 4.35. The third kappa shape index (κ3) is 3.33. The van der Waals surface area contributed by atoms with Gasteiger partial charge in [-0.1, -0.05) is 11.6 Å². The van der Waals surface area contributed by atoms with E-state index in [1.54, 1.807) is 11.5 Å². The molecule has 0 spiro atoms. The highest BCUT2D eigenvalue weighted by molar-refractivity contribution is 6.33. The number of carbonyl (C=O) groups is 1. The molecule has 0 fully saturated rings. The second-order valence-electron chi connectivity index (χ2n) is 4.61. The van der Waals surface area contributed by atoms with E-state index in [-0.39, 0.29) is 10.9 Å². The molecule has 104 valence electrons. The number of aromatic nitrogens is 1. The number of benzene rings is 1. The number of carbonyl (C=O) groups excluding carboxylic acids is 1. The SMILES string of the molecule is Cc1cc[n+]([C@H](C)C(=O)Nc2ccc(F)cc2Cl)cc1. The minimum atomic E-state index is -0.436. The minimum absolute atomic E-state index is 0.180. The first-order valence-electron chi connectivity index (χ1n) is 6.20. The van der Waals surface area contributed by atoms with E-state index in [9.17, 15) is 9.18 Å². The van der Waals surface area contributed by atoms with Crippen LogP contribution in [0.15, 0.2) is 42.7 Å². The Morgan fingerprint density at radius 2 is 1.95 bits per heavy atom. The number of rotatable bonds is 3. The summed E-state index contributed by atoms with van der Waals surface area (Å²) >= 11 is 5.88. The lowest BCUT2D eigenvalue weighted by Gasteiger charge is -2.10. The monoisotopic (exact) mass is 293 g/mol. The van der Waals surface area contributed by atoms with Crippen LogP contribution in [0.5, 0.6) is 0 Å². The van der Waals surface area contributed by atoms with Gasteiger partial charge in [0.1, 0.15) is 5.82 Å². The first kappa shape index (κ1) is 14.5. The van der Waals surface area contributed by atoms with Crippen LogP contribution in [0.4, 0.5) is 10.1 Å². The highest BCUT2D eigenvalue weighted by atomic mass is 35.5. The zero-order valence-corrected chi connectivity index (χ0v) is 12.0. The Bertz CT molecular complexity index is 628. The summed E-state index contributed by atoms with van der Waals surface area (Å²) < 4.78 is 14.7. The van der Waals surface area contributed by atoms with Gasteiger partial charge in [0.2, 0.25) is 6.04 Å². The average molecular weight is 294 g/mol. The maximum absolute atomic E-state index is 12.9. The molecular formula is C15H15ClFN2O+. The molecule has 0 aliphatic heterocycles. The van der Waals surface area contributed by atoms with E-state index >= 15 is 0 Å². The third-order valence-corrected chi connectivity index (χ3v) is 3.35. The standard InChI is InChI=1S/C15H14ClFN2O/c1-10-5-7-19(8-6-10)11(2)15(20)18-14-4-3-12(17)9-13(14)16/h3-9,11H,1-2H3/p+1/t11-/m1/s1. The van der Waals surface area contributed by atoms with Crippen molar-refractivity contribution in [2.75, 3.05) is 5.32 Å². The van der Waals surface area contributed by atoms with Crippen LogP contribution < -0.4 is 9.88 Å². The van der Waals surface area contributed by atoms with E-state index in [1.165, 1.54) is 18.2 Å². The summed E-state index contributed by atoms with van der Waals surface area (Å²) in [6, 6.07) is 7.33. The molecule has 0 aliphatic carbocycles. The van der Waals surface area contributed by atoms with Gasteiger partial charge in [0.25, 0.3) is 5.91 Å². The predicted octanol–water partition coefficient (Wildman–Crippen LogP) is 3.27. The van der Waals surface area contributed by atoms with Crippen LogP contribution in [0.25, 0.3) is 0 Å². The first-order valence-corrected chi connectivity index (χ1v) is 6.58. The molecule has 0 saturated heterocycles. The van der Waals surface area contributed by atoms with Crippen LogP contribution in [0.2, 0.25) is 5.02 Å². The Labute approximate surface area is 122 Å². The van der Waals surface area contributed by atoms with Gasteiger partial charge < -0.3 is 5.32 Å². The first-order chi connectivity index (χ1) is 9.47. The highest BCUT2D eigenvalue weighted by Gasteiger charge is 2.22. The van der Waals surface area contributed by atoms with Gasteiger partial charge in [-0.15, -0.1) is 0 Å². The van der Waals surface area contributed by atoms with Crippen molar-refractivity contribution in [1.29, 1.82) is 0 Å². The number of pyridine rings is 1. The lowest BCUT2D eigenvalue weighted by atomic mass is 10.2. The molecule has 5 heteroatoms. The number of anilines is 1. The van der Waals surface area contributed by atoms with Crippen molar-refractivity contribution in [2.45, 2.75) is 19.9 Å². The quantitative estimate of drug-likeness (QED) is 0.866. The molecule has 3 nitrogen and oxygen atoms in total. The van der Waals surface area contributed by atoms with Crippen LogP contribution in [0.3, 0.4) is 0 Å². The molecule has 0 saturated carbocycles. The van der Waals surface area contributed by atoms with Gasteiger partial charge in [-0.2, -0.15) is 4.57 Å². The Balaban J connectivity index is 2.13. The van der Waals surface area contributed by atoms with E-state index in [0.717, 1.165) is 5.56 Å². The van der Waals surface area contributed by atoms with E-state index in [2.05, 4.69) is 5.32 Å². The molecule has 0 aliphatic rings. The summed E-state index contributed by atoms with van der Waals surface area (Å²) in [7, 11) is 0. The zero-order valence-electron chi connectivity index (χ0n) is 11.2. The average Bonchev–Trinajstić information content (AvgIpc) is 2.42. The van der Waals surface area contributed by atoms with E-state index in [0.29, 0.717) is 5.69 Å². The van der Waals surface area contributed by atoms with Gasteiger partial charge >= 0.3 is 0 Å². The molecule has 0 bridgehead atoms. The van der Waals surface area contributed by atoms with Crippen molar-refractivity contribution in [3.63, 3.8) is 0 Å². The second kappa shape index (κ2) is 6.01. The molecule has 1 aromatic carbocycles. The van der Waals surface area contributed by atoms with E-state index in [4.69, 9.17) is 11.6 Å². The lowest BCUT2D eigenvalue weighted by Crippen LogP contribution is -2.44. The summed E-state index contributed by atoms with van der Waals surface area (Å²) in [5, 5.41) is 2.87. The Hall–Kier alpha value is -1.94. The minimum Gasteiger partial charge on any atom is -0.319 e. The third-order valence-electron chi connectivity index (χ3n) is 3.03. The molecule has 1 N–H and O–H groups in total. The molecule has 0 radical (unpaired) electrons. The molecule has 0 unspecified atom stereocenters. The van der Waals surface area contributed by atoms with Gasteiger partial charge in [0, 0.05) is 19.1 Å². The second-order valence-corrected chi connectivity index (χ2v) is 5.02. The van der Waals surface area contributed by atoms with Crippen molar-refractivity contribution in [3.8, 4) is 0 Å². The van der Waals surface area contributed by atoms with E-state index < -0.39 is 11.9 Å². The van der Waals surface area contributed by atoms with Crippen molar-refractivity contribution < 1.29 is 13.8 Å². The number of nitrogens with zero attached hydrogens (tertiary/aromatic N) is 1. The van der Waals surface area contributed by atoms with Crippen molar-refractivity contribution >= 4 is 23.2 Å². The van der Waals surface area contributed by atoms with Crippen molar-refractivity contribution in [2.24, 2.45) is 0 Å². The van der Waals surface area contributed by atoms with Gasteiger partial charge in [0.05, 0.1) is 10.7 Å². The normalized spacial score (nSPS) is 12.0. The number of nitrogens with one attached hydrogen (secondary N) is 1. The molecular weight excluding hydrogens is 279 g/mol. The Morgan fingerprint density at radius 1 is 1.30 bits per heavy atom. The van der Waals surface area contributed by atoms with Gasteiger partial charge in [-0.25, -0.2) is 4.39 Å².